The number of benzene rings is 1. The zero-order chi connectivity index (χ0) is 15.8. The first-order valence-electron chi connectivity index (χ1n) is 6.31. The first-order chi connectivity index (χ1) is 9.79. The number of sulfone groups is 1. The highest BCUT2D eigenvalue weighted by molar-refractivity contribution is 7.91. The highest BCUT2D eigenvalue weighted by Gasteiger charge is 2.76. The zero-order valence-electron chi connectivity index (χ0n) is 11.5. The first-order valence-corrected chi connectivity index (χ1v) is 8.65. The van der Waals surface area contributed by atoms with E-state index < -0.39 is 32.4 Å². The van der Waals surface area contributed by atoms with Crippen molar-refractivity contribution in [1.82, 2.24) is 0 Å². The van der Waals surface area contributed by atoms with Crippen LogP contribution in [0.4, 0.5) is 0 Å². The van der Waals surface area contributed by atoms with Crippen LogP contribution in [0.1, 0.15) is 18.4 Å². The SMILES string of the molecule is CCOC(=O)[C@@]1(C#N)[C@@H](c2cccc(Cl)c2)[C@@H]1S(C)(=O)=O. The largest absolute Gasteiger partial charge is 0.465 e. The first kappa shape index (κ1) is 15.8. The molecule has 0 heterocycles. The molecule has 0 saturated heterocycles. The molecule has 1 aromatic rings. The number of carbonyl (C=O) groups excluding carboxylic acids is 1. The van der Waals surface area contributed by atoms with E-state index in [1.165, 1.54) is 0 Å². The van der Waals surface area contributed by atoms with Crippen LogP contribution in [0, 0.1) is 16.7 Å². The number of esters is 1. The van der Waals surface area contributed by atoms with E-state index >= 15 is 0 Å². The van der Waals surface area contributed by atoms with Gasteiger partial charge in [0.2, 0.25) is 0 Å². The van der Waals surface area contributed by atoms with Crippen molar-refractivity contribution in [2.24, 2.45) is 5.41 Å². The molecule has 1 fully saturated rings. The van der Waals surface area contributed by atoms with Crippen molar-refractivity contribution in [3.05, 3.63) is 34.9 Å². The summed E-state index contributed by atoms with van der Waals surface area (Å²) in [6.07, 6.45) is 1.02. The number of nitrogens with zero attached hydrogens (tertiary/aromatic N) is 1. The molecule has 3 atom stereocenters. The van der Waals surface area contributed by atoms with Crippen molar-refractivity contribution in [3.8, 4) is 6.07 Å². The Morgan fingerprint density at radius 3 is 2.67 bits per heavy atom. The van der Waals surface area contributed by atoms with Gasteiger partial charge >= 0.3 is 5.97 Å². The standard InChI is InChI=1S/C14H14ClNO4S/c1-3-20-13(17)14(8-16)11(12(14)21(2,18)19)9-5-4-6-10(15)7-9/h4-7,11-12H,3H2,1-2H3/t11-,12-,14-/m0/s1. The summed E-state index contributed by atoms with van der Waals surface area (Å²) in [4.78, 5) is 12.1. The monoisotopic (exact) mass is 327 g/mol. The summed E-state index contributed by atoms with van der Waals surface area (Å²) >= 11 is 5.91. The van der Waals surface area contributed by atoms with Gasteiger partial charge in [0.1, 0.15) is 5.25 Å². The van der Waals surface area contributed by atoms with E-state index in [1.807, 2.05) is 6.07 Å². The molecule has 1 saturated carbocycles. The van der Waals surface area contributed by atoms with Crippen molar-refractivity contribution < 1.29 is 17.9 Å². The minimum atomic E-state index is -3.59. The van der Waals surface area contributed by atoms with Crippen LogP contribution in [0.3, 0.4) is 0 Å². The van der Waals surface area contributed by atoms with E-state index in [9.17, 15) is 18.5 Å². The summed E-state index contributed by atoms with van der Waals surface area (Å²) in [7, 11) is -3.59. The van der Waals surface area contributed by atoms with Crippen molar-refractivity contribution in [2.75, 3.05) is 12.9 Å². The van der Waals surface area contributed by atoms with Gasteiger partial charge in [-0.05, 0) is 24.6 Å². The molecule has 0 amide bonds. The molecule has 0 unspecified atom stereocenters. The Balaban J connectivity index is 2.53. The lowest BCUT2D eigenvalue weighted by Gasteiger charge is -2.08. The van der Waals surface area contributed by atoms with Gasteiger partial charge in [0.15, 0.2) is 15.3 Å². The van der Waals surface area contributed by atoms with Crippen LogP contribution in [-0.2, 0) is 19.4 Å². The average Bonchev–Trinajstić information content (AvgIpc) is 3.09. The fourth-order valence-electron chi connectivity index (χ4n) is 2.75. The summed E-state index contributed by atoms with van der Waals surface area (Å²) in [6.45, 7) is 1.69. The second-order valence-corrected chi connectivity index (χ2v) is 7.59. The highest BCUT2D eigenvalue weighted by atomic mass is 35.5. The van der Waals surface area contributed by atoms with Gasteiger partial charge in [0.05, 0.1) is 12.7 Å². The molecule has 1 aliphatic rings. The summed E-state index contributed by atoms with van der Waals surface area (Å²) < 4.78 is 28.8. The Morgan fingerprint density at radius 1 is 1.52 bits per heavy atom. The Labute approximate surface area is 128 Å². The lowest BCUT2D eigenvalue weighted by atomic mass is 10.0. The van der Waals surface area contributed by atoms with Gasteiger partial charge in [-0.1, -0.05) is 23.7 Å². The molecule has 21 heavy (non-hydrogen) atoms. The number of rotatable bonds is 4. The molecule has 0 aliphatic heterocycles. The number of ether oxygens (including phenoxy) is 1. The van der Waals surface area contributed by atoms with Gasteiger partial charge in [-0.25, -0.2) is 8.42 Å². The van der Waals surface area contributed by atoms with Crippen LogP contribution in [0.5, 0.6) is 0 Å². The molecular formula is C14H14ClNO4S. The minimum Gasteiger partial charge on any atom is -0.465 e. The normalized spacial score (nSPS) is 27.7. The summed E-state index contributed by atoms with van der Waals surface area (Å²) in [6, 6.07) is 8.39. The lowest BCUT2D eigenvalue weighted by molar-refractivity contribution is -0.147. The second kappa shape index (κ2) is 5.32. The van der Waals surface area contributed by atoms with Gasteiger partial charge in [-0.2, -0.15) is 5.26 Å². The van der Waals surface area contributed by atoms with E-state index in [2.05, 4.69) is 0 Å². The van der Waals surface area contributed by atoms with E-state index in [4.69, 9.17) is 16.3 Å². The molecule has 5 nitrogen and oxygen atoms in total. The number of hydrogen-bond donors (Lipinski definition) is 0. The molecule has 112 valence electrons. The van der Waals surface area contributed by atoms with Crippen LogP contribution in [-0.4, -0.2) is 32.5 Å². The minimum absolute atomic E-state index is 0.0843. The van der Waals surface area contributed by atoms with Crippen LogP contribution < -0.4 is 0 Å². The Bertz CT molecular complexity index is 725. The lowest BCUT2D eigenvalue weighted by Crippen LogP contribution is -2.24. The number of hydrogen-bond acceptors (Lipinski definition) is 5. The number of nitriles is 1. The topological polar surface area (TPSA) is 84.2 Å². The van der Waals surface area contributed by atoms with Crippen LogP contribution in [0.2, 0.25) is 5.02 Å². The maximum absolute atomic E-state index is 12.1. The fraction of sp³-hybridized carbons (Fsp3) is 0.429. The molecule has 1 aromatic carbocycles. The maximum Gasteiger partial charge on any atom is 0.328 e. The molecule has 0 N–H and O–H groups in total. The van der Waals surface area contributed by atoms with Crippen LogP contribution in [0.15, 0.2) is 24.3 Å². The van der Waals surface area contributed by atoms with Crippen molar-refractivity contribution in [3.63, 3.8) is 0 Å². The van der Waals surface area contributed by atoms with Gasteiger partial charge in [0.25, 0.3) is 0 Å². The van der Waals surface area contributed by atoms with Gasteiger partial charge in [-0.15, -0.1) is 0 Å². The molecular weight excluding hydrogens is 314 g/mol. The average molecular weight is 328 g/mol. The summed E-state index contributed by atoms with van der Waals surface area (Å²) in [5.74, 6) is -1.55. The van der Waals surface area contributed by atoms with Crippen molar-refractivity contribution in [1.29, 1.82) is 5.26 Å². The molecule has 0 radical (unpaired) electrons. The molecule has 0 spiro atoms. The molecule has 7 heteroatoms. The smallest absolute Gasteiger partial charge is 0.328 e. The van der Waals surface area contributed by atoms with E-state index in [0.29, 0.717) is 10.6 Å². The van der Waals surface area contributed by atoms with Gasteiger partial charge in [-0.3, -0.25) is 4.79 Å². The second-order valence-electron chi connectivity index (χ2n) is 4.98. The highest BCUT2D eigenvalue weighted by Crippen LogP contribution is 2.63. The van der Waals surface area contributed by atoms with Crippen molar-refractivity contribution >= 4 is 27.4 Å². The Kier molecular flexibility index (Phi) is 4.00. The maximum atomic E-state index is 12.1. The Morgan fingerprint density at radius 2 is 2.19 bits per heavy atom. The van der Waals surface area contributed by atoms with Crippen LogP contribution >= 0.6 is 11.6 Å². The third-order valence-electron chi connectivity index (χ3n) is 3.60. The van der Waals surface area contributed by atoms with Crippen LogP contribution in [0.25, 0.3) is 0 Å². The Hall–Kier alpha value is -1.58. The fourth-order valence-corrected chi connectivity index (χ4v) is 4.71. The van der Waals surface area contributed by atoms with E-state index in [-0.39, 0.29) is 6.61 Å². The van der Waals surface area contributed by atoms with E-state index in [0.717, 1.165) is 6.26 Å². The molecule has 0 aromatic heterocycles. The number of carbonyl (C=O) groups is 1. The number of halogens is 1. The summed E-state index contributed by atoms with van der Waals surface area (Å²) in [5.41, 5.74) is -1.14. The predicted octanol–water partition coefficient (Wildman–Crippen LogP) is 1.92. The molecule has 1 aliphatic carbocycles. The van der Waals surface area contributed by atoms with Crippen molar-refractivity contribution in [2.45, 2.75) is 18.1 Å². The van der Waals surface area contributed by atoms with E-state index in [1.54, 1.807) is 31.2 Å². The molecule has 2 rings (SSSR count). The quantitative estimate of drug-likeness (QED) is 0.789. The predicted molar refractivity (Wildman–Crippen MR) is 77.5 cm³/mol. The summed E-state index contributed by atoms with van der Waals surface area (Å²) in [5, 5.41) is 8.75. The third kappa shape index (κ3) is 2.52. The van der Waals surface area contributed by atoms with Gasteiger partial charge < -0.3 is 4.74 Å². The zero-order valence-corrected chi connectivity index (χ0v) is 13.1. The van der Waals surface area contributed by atoms with Gasteiger partial charge in [0, 0.05) is 17.2 Å². The third-order valence-corrected chi connectivity index (χ3v) is 5.40. The molecule has 0 bridgehead atoms.